The summed E-state index contributed by atoms with van der Waals surface area (Å²) in [7, 11) is 0. The van der Waals surface area contributed by atoms with Crippen LogP contribution in [0.5, 0.6) is 0 Å². The van der Waals surface area contributed by atoms with Gasteiger partial charge in [0.1, 0.15) is 0 Å². The van der Waals surface area contributed by atoms with Crippen molar-refractivity contribution in [1.82, 2.24) is 16.0 Å². The van der Waals surface area contributed by atoms with E-state index in [2.05, 4.69) is 204 Å². The van der Waals surface area contributed by atoms with Crippen molar-refractivity contribution in [2.24, 2.45) is 0 Å². The molecule has 2 atom stereocenters. The third-order valence-electron chi connectivity index (χ3n) is 10.3. The molecule has 1 heterocycles. The van der Waals surface area contributed by atoms with Crippen LogP contribution in [0, 0.1) is 0 Å². The van der Waals surface area contributed by atoms with Crippen LogP contribution in [0.3, 0.4) is 0 Å². The third-order valence-corrected chi connectivity index (χ3v) is 10.3. The van der Waals surface area contributed by atoms with Gasteiger partial charge >= 0.3 is 0 Å². The Morgan fingerprint density at radius 2 is 0.755 bits per heavy atom. The van der Waals surface area contributed by atoms with E-state index in [1.54, 1.807) is 0 Å². The molecular weight excluding hydrogens is 595 g/mol. The number of hydrogen-bond donors (Lipinski definition) is 3. The maximum Gasteiger partial charge on any atom is 0.0870 e. The van der Waals surface area contributed by atoms with Crippen molar-refractivity contribution in [3.05, 3.63) is 227 Å². The molecule has 7 aromatic carbocycles. The lowest BCUT2D eigenvalue weighted by atomic mass is 9.67. The van der Waals surface area contributed by atoms with Gasteiger partial charge in [-0.05, 0) is 61.2 Å². The van der Waals surface area contributed by atoms with Crippen LogP contribution in [0.2, 0.25) is 0 Å². The minimum atomic E-state index is -0.443. The average Bonchev–Trinajstić information content (AvgIpc) is 3.50. The highest BCUT2D eigenvalue weighted by atomic mass is 15.4. The molecule has 0 aromatic heterocycles. The zero-order valence-electron chi connectivity index (χ0n) is 27.1. The summed E-state index contributed by atoms with van der Waals surface area (Å²) in [4.78, 5) is 0. The van der Waals surface area contributed by atoms with Gasteiger partial charge in [-0.1, -0.05) is 188 Å². The van der Waals surface area contributed by atoms with Crippen LogP contribution in [0.25, 0.3) is 22.3 Å². The van der Waals surface area contributed by atoms with Gasteiger partial charge < -0.3 is 0 Å². The molecule has 1 aliphatic heterocycles. The van der Waals surface area contributed by atoms with Gasteiger partial charge in [0.25, 0.3) is 0 Å². The van der Waals surface area contributed by atoms with E-state index < -0.39 is 5.41 Å². The third kappa shape index (κ3) is 4.94. The van der Waals surface area contributed by atoms with Gasteiger partial charge in [-0.2, -0.15) is 0 Å². The summed E-state index contributed by atoms with van der Waals surface area (Å²) in [6, 6.07) is 68.2. The number of rotatable bonds is 6. The van der Waals surface area contributed by atoms with Crippen molar-refractivity contribution in [3.8, 4) is 22.3 Å². The Hall–Kier alpha value is -5.58. The molecule has 0 amide bonds. The quantitative estimate of drug-likeness (QED) is 0.171. The molecule has 1 aliphatic carbocycles. The van der Waals surface area contributed by atoms with E-state index in [-0.39, 0.29) is 18.5 Å². The number of benzene rings is 7. The Morgan fingerprint density at radius 3 is 1.35 bits per heavy atom. The highest BCUT2D eigenvalue weighted by Gasteiger charge is 2.47. The van der Waals surface area contributed by atoms with Gasteiger partial charge in [0, 0.05) is 0 Å². The highest BCUT2D eigenvalue weighted by molar-refractivity contribution is 5.96. The lowest BCUT2D eigenvalue weighted by Gasteiger charge is -2.40. The molecule has 2 unspecified atom stereocenters. The molecule has 3 heteroatoms. The SMILES string of the molecule is c1ccc(C2NC(c3ccccc3)NC(c3ccccc3-c3cccc4c3-c3ccccc3C4(c3ccccc3)c3ccccc3)N2)cc1. The number of fused-ring (bicyclic) bond motifs is 3. The van der Waals surface area contributed by atoms with Crippen LogP contribution < -0.4 is 16.0 Å². The molecule has 1 saturated heterocycles. The van der Waals surface area contributed by atoms with Crippen molar-refractivity contribution in [2.75, 3.05) is 0 Å². The first kappa shape index (κ1) is 29.6. The van der Waals surface area contributed by atoms with Crippen LogP contribution in [-0.4, -0.2) is 0 Å². The second-order valence-electron chi connectivity index (χ2n) is 13.0. The zero-order chi connectivity index (χ0) is 32.6. The molecule has 2 aliphatic rings. The maximum absolute atomic E-state index is 3.93. The zero-order valence-corrected chi connectivity index (χ0v) is 27.1. The predicted octanol–water partition coefficient (Wildman–Crippen LogP) is 9.90. The van der Waals surface area contributed by atoms with E-state index in [0.29, 0.717) is 0 Å². The van der Waals surface area contributed by atoms with E-state index in [9.17, 15) is 0 Å². The Bertz CT molecular complexity index is 2130. The molecule has 1 fully saturated rings. The fraction of sp³-hybridized carbons (Fsp3) is 0.0870. The Kier molecular flexibility index (Phi) is 7.52. The summed E-state index contributed by atoms with van der Waals surface area (Å²) >= 11 is 0. The molecular formula is C46H37N3. The largest absolute Gasteiger partial charge is 0.279 e. The van der Waals surface area contributed by atoms with E-state index in [0.717, 1.165) is 0 Å². The summed E-state index contributed by atoms with van der Waals surface area (Å²) in [6.45, 7) is 0. The van der Waals surface area contributed by atoms with Crippen LogP contribution in [0.1, 0.15) is 57.4 Å². The molecule has 3 nitrogen and oxygen atoms in total. The molecule has 0 radical (unpaired) electrons. The summed E-state index contributed by atoms with van der Waals surface area (Å²) in [5.41, 5.74) is 13.4. The summed E-state index contributed by atoms with van der Waals surface area (Å²) in [5, 5.41) is 11.7. The minimum Gasteiger partial charge on any atom is -0.279 e. The standard InChI is InChI=1S/C46H37N3/c1-5-18-32(19-6-1)43-47-44(33-20-7-2-8-21-33)49-45(48-43)38-27-14-13-26-36(38)37-29-17-31-41-42(37)39-28-15-16-30-40(39)46(41,34-22-9-3-10-23-34)35-24-11-4-12-25-35/h1-31,43-45,47-49H. The molecule has 236 valence electrons. The highest BCUT2D eigenvalue weighted by Crippen LogP contribution is 2.58. The molecule has 7 aromatic rings. The van der Waals surface area contributed by atoms with Crippen LogP contribution in [-0.2, 0) is 5.41 Å². The van der Waals surface area contributed by atoms with Gasteiger partial charge in [0.2, 0.25) is 0 Å². The lowest BCUT2D eigenvalue weighted by Crippen LogP contribution is -2.54. The fourth-order valence-electron chi connectivity index (χ4n) is 8.21. The van der Waals surface area contributed by atoms with Gasteiger partial charge in [-0.3, -0.25) is 16.0 Å². The van der Waals surface area contributed by atoms with Crippen molar-refractivity contribution in [1.29, 1.82) is 0 Å². The van der Waals surface area contributed by atoms with Gasteiger partial charge in [-0.25, -0.2) is 0 Å². The molecule has 0 bridgehead atoms. The molecule has 0 saturated carbocycles. The second-order valence-corrected chi connectivity index (χ2v) is 13.0. The van der Waals surface area contributed by atoms with E-state index in [1.807, 2.05) is 0 Å². The predicted molar refractivity (Wildman–Crippen MR) is 200 cm³/mol. The smallest absolute Gasteiger partial charge is 0.0870 e. The fourth-order valence-corrected chi connectivity index (χ4v) is 8.21. The van der Waals surface area contributed by atoms with Gasteiger partial charge in [0.15, 0.2) is 0 Å². The van der Waals surface area contributed by atoms with Gasteiger partial charge in [-0.15, -0.1) is 0 Å². The molecule has 49 heavy (non-hydrogen) atoms. The van der Waals surface area contributed by atoms with Crippen LogP contribution in [0.15, 0.2) is 188 Å². The Morgan fingerprint density at radius 1 is 0.327 bits per heavy atom. The summed E-state index contributed by atoms with van der Waals surface area (Å²) < 4.78 is 0. The van der Waals surface area contributed by atoms with E-state index in [4.69, 9.17) is 0 Å². The van der Waals surface area contributed by atoms with E-state index in [1.165, 1.54) is 61.2 Å². The topological polar surface area (TPSA) is 36.1 Å². The van der Waals surface area contributed by atoms with Crippen LogP contribution in [0.4, 0.5) is 0 Å². The summed E-state index contributed by atoms with van der Waals surface area (Å²) in [6.07, 6.45) is -0.207. The van der Waals surface area contributed by atoms with E-state index >= 15 is 0 Å². The Balaban J connectivity index is 1.24. The van der Waals surface area contributed by atoms with Gasteiger partial charge in [0.05, 0.1) is 23.9 Å². The lowest BCUT2D eigenvalue weighted by molar-refractivity contribution is 0.203. The molecule has 3 N–H and O–H groups in total. The Labute approximate surface area is 288 Å². The second kappa shape index (κ2) is 12.5. The number of hydrogen-bond acceptors (Lipinski definition) is 3. The molecule has 0 spiro atoms. The van der Waals surface area contributed by atoms with Crippen molar-refractivity contribution < 1.29 is 0 Å². The maximum atomic E-state index is 3.93. The monoisotopic (exact) mass is 631 g/mol. The molecule has 9 rings (SSSR count). The average molecular weight is 632 g/mol. The first-order valence-corrected chi connectivity index (χ1v) is 17.1. The van der Waals surface area contributed by atoms with Crippen molar-refractivity contribution >= 4 is 0 Å². The van der Waals surface area contributed by atoms with Crippen molar-refractivity contribution in [2.45, 2.75) is 23.9 Å². The first-order chi connectivity index (χ1) is 24.3. The number of nitrogens with one attached hydrogen (secondary N) is 3. The summed E-state index contributed by atoms with van der Waals surface area (Å²) in [5.74, 6) is 0. The van der Waals surface area contributed by atoms with Crippen molar-refractivity contribution in [3.63, 3.8) is 0 Å². The first-order valence-electron chi connectivity index (χ1n) is 17.1. The van der Waals surface area contributed by atoms with Crippen LogP contribution >= 0.6 is 0 Å². The normalized spacial score (nSPS) is 19.1. The minimum absolute atomic E-state index is 0.0447.